The lowest BCUT2D eigenvalue weighted by molar-refractivity contribution is 0.159. The number of nitrogens with zero attached hydrogens (tertiary/aromatic N) is 1. The second-order valence-electron chi connectivity index (χ2n) is 5.88. The summed E-state index contributed by atoms with van der Waals surface area (Å²) in [7, 11) is 1.55. The maximum absolute atomic E-state index is 5.74. The highest BCUT2D eigenvalue weighted by Crippen LogP contribution is 2.31. The summed E-state index contributed by atoms with van der Waals surface area (Å²) in [6, 6.07) is 4.25. The maximum Gasteiger partial charge on any atom is 0.120 e. The Hall–Kier alpha value is -1.46. The molecular weight excluding hydrogens is 334 g/mol. The lowest BCUT2D eigenvalue weighted by atomic mass is 10.1. The van der Waals surface area contributed by atoms with Crippen LogP contribution in [-0.4, -0.2) is 38.4 Å². The van der Waals surface area contributed by atoms with E-state index in [1.165, 1.54) is 16.0 Å². The summed E-state index contributed by atoms with van der Waals surface area (Å²) in [5.41, 5.74) is 3.42. The molecule has 0 aliphatic heterocycles. The molecule has 0 atom stereocenters. The molecule has 0 radical (unpaired) electrons. The molecule has 1 rings (SSSR count). The summed E-state index contributed by atoms with van der Waals surface area (Å²) in [5, 5.41) is 3.82. The fraction of sp³-hybridized carbons (Fsp3) is 0.550. The van der Waals surface area contributed by atoms with Gasteiger partial charge < -0.3 is 14.3 Å². The molecule has 25 heavy (non-hydrogen) atoms. The van der Waals surface area contributed by atoms with Crippen molar-refractivity contribution in [3.05, 3.63) is 35.4 Å². The van der Waals surface area contributed by atoms with Crippen molar-refractivity contribution >= 4 is 17.5 Å². The Balaban J connectivity index is 2.31. The summed E-state index contributed by atoms with van der Waals surface area (Å²) < 4.78 is 11.3. The molecule has 140 valence electrons. The summed E-state index contributed by atoms with van der Waals surface area (Å²) in [6.07, 6.45) is 6.19. The molecule has 0 saturated carbocycles. The minimum atomic E-state index is 0.536. The van der Waals surface area contributed by atoms with E-state index in [2.05, 4.69) is 31.1 Å². The van der Waals surface area contributed by atoms with E-state index in [0.717, 1.165) is 36.7 Å². The van der Waals surface area contributed by atoms with E-state index < -0.39 is 0 Å². The van der Waals surface area contributed by atoms with Crippen LogP contribution >= 0.6 is 11.8 Å². The van der Waals surface area contributed by atoms with E-state index in [-0.39, 0.29) is 0 Å². The van der Waals surface area contributed by atoms with E-state index in [9.17, 15) is 0 Å². The predicted octanol–water partition coefficient (Wildman–Crippen LogP) is 5.17. The van der Waals surface area contributed by atoms with Crippen molar-refractivity contribution in [2.45, 2.75) is 45.4 Å². The SMILES string of the molecule is C/C=C/COc1cc(C)c(SCCCCOC/C(C)=N/OC)c(C)c1. The van der Waals surface area contributed by atoms with Gasteiger partial charge in [0.15, 0.2) is 0 Å². The third-order valence-electron chi connectivity index (χ3n) is 3.50. The summed E-state index contributed by atoms with van der Waals surface area (Å²) in [5.74, 6) is 2.04. The quantitative estimate of drug-likeness (QED) is 0.168. The molecule has 0 aliphatic rings. The van der Waals surface area contributed by atoms with Crippen molar-refractivity contribution in [2.75, 3.05) is 32.7 Å². The van der Waals surface area contributed by atoms with Gasteiger partial charge in [-0.05, 0) is 69.5 Å². The lowest BCUT2D eigenvalue weighted by Gasteiger charge is -2.12. The Morgan fingerprint density at radius 3 is 2.56 bits per heavy atom. The van der Waals surface area contributed by atoms with Crippen LogP contribution < -0.4 is 4.74 Å². The predicted molar refractivity (Wildman–Crippen MR) is 107 cm³/mol. The number of hydrogen-bond donors (Lipinski definition) is 0. The highest BCUT2D eigenvalue weighted by atomic mass is 32.2. The Labute approximate surface area is 156 Å². The zero-order valence-electron chi connectivity index (χ0n) is 16.1. The number of aryl methyl sites for hydroxylation is 2. The van der Waals surface area contributed by atoms with Crippen molar-refractivity contribution in [3.63, 3.8) is 0 Å². The van der Waals surface area contributed by atoms with Crippen LogP contribution in [0.25, 0.3) is 0 Å². The molecule has 0 N–H and O–H groups in total. The van der Waals surface area contributed by atoms with Gasteiger partial charge in [-0.15, -0.1) is 11.8 Å². The number of thioether (sulfide) groups is 1. The molecular formula is C20H31NO3S. The number of ether oxygens (including phenoxy) is 2. The van der Waals surface area contributed by atoms with E-state index >= 15 is 0 Å². The molecule has 0 saturated heterocycles. The van der Waals surface area contributed by atoms with Gasteiger partial charge in [-0.1, -0.05) is 17.3 Å². The first-order valence-electron chi connectivity index (χ1n) is 8.70. The van der Waals surface area contributed by atoms with E-state index in [0.29, 0.717) is 13.2 Å². The number of oxime groups is 1. The molecule has 0 bridgehead atoms. The van der Waals surface area contributed by atoms with Gasteiger partial charge >= 0.3 is 0 Å². The van der Waals surface area contributed by atoms with Crippen LogP contribution in [0.1, 0.15) is 37.8 Å². The summed E-state index contributed by atoms with van der Waals surface area (Å²) >= 11 is 1.91. The topological polar surface area (TPSA) is 40.0 Å². The standard InChI is InChI=1S/C20H31NO3S/c1-6-7-11-24-19-13-16(2)20(17(3)14-19)25-12-9-8-10-23-15-18(4)21-22-5/h6-7,13-14H,8-12,15H2,1-5H3/b7-6+,21-18+. The van der Waals surface area contributed by atoms with Crippen LogP contribution in [0.5, 0.6) is 5.75 Å². The zero-order chi connectivity index (χ0) is 18.5. The zero-order valence-corrected chi connectivity index (χ0v) is 16.9. The number of unbranched alkanes of at least 4 members (excludes halogenated alkanes) is 1. The summed E-state index contributed by atoms with van der Waals surface area (Å²) in [4.78, 5) is 6.06. The van der Waals surface area contributed by atoms with Gasteiger partial charge in [0.25, 0.3) is 0 Å². The minimum Gasteiger partial charge on any atom is -0.490 e. The summed E-state index contributed by atoms with van der Waals surface area (Å²) in [6.45, 7) is 10.1. The van der Waals surface area contributed by atoms with Gasteiger partial charge in [-0.3, -0.25) is 0 Å². The monoisotopic (exact) mass is 365 g/mol. The highest BCUT2D eigenvalue weighted by molar-refractivity contribution is 7.99. The molecule has 0 heterocycles. The Morgan fingerprint density at radius 1 is 1.20 bits per heavy atom. The van der Waals surface area contributed by atoms with Crippen molar-refractivity contribution < 1.29 is 14.3 Å². The van der Waals surface area contributed by atoms with Gasteiger partial charge in [-0.25, -0.2) is 0 Å². The average molecular weight is 366 g/mol. The number of hydrogen-bond acceptors (Lipinski definition) is 5. The fourth-order valence-corrected chi connectivity index (χ4v) is 3.47. The first-order chi connectivity index (χ1) is 12.1. The van der Waals surface area contributed by atoms with Crippen molar-refractivity contribution in [3.8, 4) is 5.75 Å². The molecule has 5 heteroatoms. The Bertz CT molecular complexity index is 547. The van der Waals surface area contributed by atoms with Crippen LogP contribution in [0.3, 0.4) is 0 Å². The molecule has 0 aromatic heterocycles. The first-order valence-corrected chi connectivity index (χ1v) is 9.69. The number of rotatable bonds is 12. The van der Waals surface area contributed by atoms with Crippen molar-refractivity contribution in [2.24, 2.45) is 5.16 Å². The molecule has 0 amide bonds. The molecule has 0 fully saturated rings. The second kappa shape index (κ2) is 12.8. The number of benzene rings is 1. The highest BCUT2D eigenvalue weighted by Gasteiger charge is 2.06. The smallest absolute Gasteiger partial charge is 0.120 e. The Morgan fingerprint density at radius 2 is 1.92 bits per heavy atom. The fourth-order valence-electron chi connectivity index (χ4n) is 2.34. The maximum atomic E-state index is 5.74. The minimum absolute atomic E-state index is 0.536. The first kappa shape index (κ1) is 21.6. The van der Waals surface area contributed by atoms with E-state index in [4.69, 9.17) is 14.3 Å². The van der Waals surface area contributed by atoms with E-state index in [1.54, 1.807) is 7.11 Å². The molecule has 1 aromatic carbocycles. The third-order valence-corrected chi connectivity index (χ3v) is 4.93. The van der Waals surface area contributed by atoms with E-state index in [1.807, 2.05) is 37.8 Å². The normalized spacial score (nSPS) is 12.0. The third kappa shape index (κ3) is 8.98. The van der Waals surface area contributed by atoms with Crippen LogP contribution in [0.2, 0.25) is 0 Å². The van der Waals surface area contributed by atoms with Crippen LogP contribution in [0, 0.1) is 13.8 Å². The lowest BCUT2D eigenvalue weighted by Crippen LogP contribution is -2.06. The van der Waals surface area contributed by atoms with Crippen LogP contribution in [0.4, 0.5) is 0 Å². The largest absolute Gasteiger partial charge is 0.490 e. The molecule has 0 spiro atoms. The van der Waals surface area contributed by atoms with Crippen LogP contribution in [0.15, 0.2) is 34.3 Å². The molecule has 1 aromatic rings. The molecule has 4 nitrogen and oxygen atoms in total. The average Bonchev–Trinajstić information content (AvgIpc) is 2.56. The van der Waals surface area contributed by atoms with Gasteiger partial charge in [0.05, 0.1) is 12.3 Å². The van der Waals surface area contributed by atoms with Crippen molar-refractivity contribution in [1.82, 2.24) is 0 Å². The molecule has 0 aliphatic carbocycles. The second-order valence-corrected chi connectivity index (χ2v) is 6.99. The van der Waals surface area contributed by atoms with Gasteiger partial charge in [0.2, 0.25) is 0 Å². The number of allylic oxidation sites excluding steroid dienone is 1. The molecule has 0 unspecified atom stereocenters. The van der Waals surface area contributed by atoms with Gasteiger partial charge in [0, 0.05) is 11.5 Å². The van der Waals surface area contributed by atoms with Gasteiger partial charge in [-0.2, -0.15) is 0 Å². The van der Waals surface area contributed by atoms with Crippen LogP contribution in [-0.2, 0) is 9.57 Å². The van der Waals surface area contributed by atoms with Crippen molar-refractivity contribution in [1.29, 1.82) is 0 Å². The Kier molecular flexibility index (Phi) is 11.1. The van der Waals surface area contributed by atoms with Gasteiger partial charge in [0.1, 0.15) is 19.5 Å².